The topological polar surface area (TPSA) is 81.2 Å². The Morgan fingerprint density at radius 2 is 1.96 bits per heavy atom. The average Bonchev–Trinajstić information content (AvgIpc) is 3.08. The number of pyridine rings is 1. The number of nitrogens with one attached hydrogen (secondary N) is 1. The van der Waals surface area contributed by atoms with E-state index in [2.05, 4.69) is 20.0 Å². The van der Waals surface area contributed by atoms with Crippen molar-refractivity contribution in [2.45, 2.75) is 6.42 Å². The number of benzene rings is 1. The number of carbonyl (C=O) groups excluding carboxylic acids is 2. The molecule has 0 aliphatic heterocycles. The molecule has 1 amide bonds. The molecule has 132 valence electrons. The van der Waals surface area contributed by atoms with Crippen molar-refractivity contribution in [2.75, 3.05) is 12.4 Å². The Morgan fingerprint density at radius 1 is 1.19 bits per heavy atom. The normalized spacial score (nSPS) is 10.4. The highest BCUT2D eigenvalue weighted by molar-refractivity contribution is 7.15. The Bertz CT molecular complexity index is 958. The number of hydrogen-bond donors (Lipinski definition) is 1. The van der Waals surface area contributed by atoms with Gasteiger partial charge < -0.3 is 4.74 Å². The molecule has 1 N–H and O–H groups in total. The Balaban J connectivity index is 1.69. The maximum Gasteiger partial charge on any atom is 0.356 e. The van der Waals surface area contributed by atoms with Crippen LogP contribution in [0.1, 0.15) is 31.4 Å². The van der Waals surface area contributed by atoms with E-state index in [1.54, 1.807) is 12.3 Å². The van der Waals surface area contributed by atoms with E-state index in [-0.39, 0.29) is 11.4 Å². The van der Waals surface area contributed by atoms with Gasteiger partial charge in [0, 0.05) is 22.5 Å². The van der Waals surface area contributed by atoms with Crippen molar-refractivity contribution in [3.63, 3.8) is 0 Å². The predicted molar refractivity (Wildman–Crippen MR) is 99.9 cm³/mol. The van der Waals surface area contributed by atoms with Crippen molar-refractivity contribution in [3.8, 4) is 0 Å². The molecule has 26 heavy (non-hydrogen) atoms. The van der Waals surface area contributed by atoms with Crippen LogP contribution in [0.5, 0.6) is 0 Å². The first-order valence-electron chi connectivity index (χ1n) is 7.61. The van der Waals surface area contributed by atoms with E-state index in [1.807, 2.05) is 24.3 Å². The third kappa shape index (κ3) is 4.44. The van der Waals surface area contributed by atoms with Crippen LogP contribution in [0, 0.1) is 0 Å². The molecule has 0 aliphatic rings. The zero-order valence-corrected chi connectivity index (χ0v) is 15.3. The molecule has 2 heterocycles. The van der Waals surface area contributed by atoms with E-state index in [0.29, 0.717) is 16.6 Å². The van der Waals surface area contributed by atoms with Gasteiger partial charge in [-0.3, -0.25) is 10.1 Å². The summed E-state index contributed by atoms with van der Waals surface area (Å²) in [6.07, 6.45) is 2.38. The lowest BCUT2D eigenvalue weighted by Crippen LogP contribution is -2.15. The van der Waals surface area contributed by atoms with Crippen molar-refractivity contribution in [3.05, 3.63) is 75.5 Å². The lowest BCUT2D eigenvalue weighted by Gasteiger charge is -2.03. The number of thiazole rings is 1. The third-order valence-electron chi connectivity index (χ3n) is 3.42. The minimum atomic E-state index is -0.599. The first kappa shape index (κ1) is 18.0. The van der Waals surface area contributed by atoms with Crippen molar-refractivity contribution in [2.24, 2.45) is 0 Å². The van der Waals surface area contributed by atoms with Crippen LogP contribution in [0.2, 0.25) is 5.02 Å². The number of halogens is 1. The van der Waals surface area contributed by atoms with Gasteiger partial charge in [-0.1, -0.05) is 29.8 Å². The van der Waals surface area contributed by atoms with Gasteiger partial charge in [0.1, 0.15) is 11.4 Å². The second-order valence-corrected chi connectivity index (χ2v) is 6.84. The van der Waals surface area contributed by atoms with Crippen molar-refractivity contribution >= 4 is 39.9 Å². The van der Waals surface area contributed by atoms with Gasteiger partial charge in [-0.15, -0.1) is 11.3 Å². The van der Waals surface area contributed by atoms with Gasteiger partial charge in [-0.2, -0.15) is 0 Å². The molecule has 0 aliphatic carbocycles. The van der Waals surface area contributed by atoms with E-state index >= 15 is 0 Å². The van der Waals surface area contributed by atoms with Crippen LogP contribution < -0.4 is 5.32 Å². The summed E-state index contributed by atoms with van der Waals surface area (Å²) < 4.78 is 4.60. The first-order chi connectivity index (χ1) is 12.5. The molecule has 2 aromatic heterocycles. The molecular weight excluding hydrogens is 374 g/mol. The third-order valence-corrected chi connectivity index (χ3v) is 4.57. The summed E-state index contributed by atoms with van der Waals surface area (Å²) in [7, 11) is 1.26. The molecule has 1 aromatic carbocycles. The second kappa shape index (κ2) is 8.07. The molecule has 8 heteroatoms. The minimum Gasteiger partial charge on any atom is -0.464 e. The van der Waals surface area contributed by atoms with E-state index in [4.69, 9.17) is 11.6 Å². The molecule has 3 rings (SSSR count). The lowest BCUT2D eigenvalue weighted by atomic mass is 10.1. The van der Waals surface area contributed by atoms with Gasteiger partial charge in [-0.25, -0.2) is 14.8 Å². The van der Waals surface area contributed by atoms with Crippen LogP contribution in [-0.2, 0) is 11.2 Å². The molecule has 0 radical (unpaired) electrons. The zero-order valence-electron chi connectivity index (χ0n) is 13.7. The summed E-state index contributed by atoms with van der Waals surface area (Å²) >= 11 is 7.36. The number of amides is 1. The first-order valence-corrected chi connectivity index (χ1v) is 8.80. The van der Waals surface area contributed by atoms with Crippen LogP contribution in [0.4, 0.5) is 5.13 Å². The quantitative estimate of drug-likeness (QED) is 0.673. The van der Waals surface area contributed by atoms with Gasteiger partial charge in [0.05, 0.1) is 7.11 Å². The predicted octanol–water partition coefficient (Wildman–Crippen LogP) is 3.82. The summed E-state index contributed by atoms with van der Waals surface area (Å²) in [4.78, 5) is 33.0. The van der Waals surface area contributed by atoms with Crippen LogP contribution in [0.25, 0.3) is 0 Å². The maximum atomic E-state index is 12.3. The van der Waals surface area contributed by atoms with E-state index in [9.17, 15) is 9.59 Å². The molecule has 0 unspecified atom stereocenters. The van der Waals surface area contributed by atoms with Crippen LogP contribution in [0.15, 0.2) is 48.7 Å². The molecule has 0 bridgehead atoms. The van der Waals surface area contributed by atoms with Crippen molar-refractivity contribution < 1.29 is 14.3 Å². The highest BCUT2D eigenvalue weighted by Crippen LogP contribution is 2.22. The van der Waals surface area contributed by atoms with Crippen LogP contribution >= 0.6 is 22.9 Å². The largest absolute Gasteiger partial charge is 0.464 e. The number of rotatable bonds is 5. The molecule has 0 saturated heterocycles. The fraction of sp³-hybridized carbons (Fsp3) is 0.111. The molecule has 0 spiro atoms. The number of aromatic nitrogens is 2. The second-order valence-electron chi connectivity index (χ2n) is 5.29. The molecule has 0 fully saturated rings. The number of nitrogens with zero attached hydrogens (tertiary/aromatic N) is 2. The Kier molecular flexibility index (Phi) is 5.60. The Morgan fingerprint density at radius 3 is 2.73 bits per heavy atom. The lowest BCUT2D eigenvalue weighted by molar-refractivity contribution is 0.0594. The summed E-state index contributed by atoms with van der Waals surface area (Å²) in [6, 6.07) is 12.1. The van der Waals surface area contributed by atoms with Gasteiger partial charge in [0.25, 0.3) is 5.91 Å². The van der Waals surface area contributed by atoms with E-state index < -0.39 is 11.9 Å². The fourth-order valence-electron chi connectivity index (χ4n) is 2.24. The van der Waals surface area contributed by atoms with Gasteiger partial charge in [0.2, 0.25) is 0 Å². The van der Waals surface area contributed by atoms with Crippen LogP contribution in [0.3, 0.4) is 0 Å². The highest BCUT2D eigenvalue weighted by atomic mass is 35.5. The number of anilines is 1. The van der Waals surface area contributed by atoms with Gasteiger partial charge >= 0.3 is 5.97 Å². The molecular formula is C18H14ClN3O3S. The average molecular weight is 388 g/mol. The molecule has 0 atom stereocenters. The van der Waals surface area contributed by atoms with E-state index in [1.165, 1.54) is 30.6 Å². The monoisotopic (exact) mass is 387 g/mol. The molecule has 0 saturated carbocycles. The van der Waals surface area contributed by atoms with Crippen molar-refractivity contribution in [1.82, 2.24) is 9.97 Å². The fourth-order valence-corrected chi connectivity index (χ4v) is 3.29. The number of esters is 1. The summed E-state index contributed by atoms with van der Waals surface area (Å²) in [5, 5.41) is 3.82. The number of carbonyl (C=O) groups is 2. The Labute approximate surface area is 158 Å². The molecule has 6 nitrogen and oxygen atoms in total. The van der Waals surface area contributed by atoms with E-state index in [0.717, 1.165) is 10.4 Å². The zero-order chi connectivity index (χ0) is 18.5. The highest BCUT2D eigenvalue weighted by Gasteiger charge is 2.14. The Hall–Kier alpha value is -2.77. The number of ether oxygens (including phenoxy) is 1. The van der Waals surface area contributed by atoms with Gasteiger partial charge in [0.15, 0.2) is 5.13 Å². The number of hydrogen-bond acceptors (Lipinski definition) is 6. The van der Waals surface area contributed by atoms with Gasteiger partial charge in [-0.05, 0) is 29.8 Å². The number of methoxy groups -OCH3 is 1. The SMILES string of the molecule is COC(=O)c1cccc(C(=O)Nc2ncc(Cc3cccc(Cl)c3)s2)n1. The summed E-state index contributed by atoms with van der Waals surface area (Å²) in [5.41, 5.74) is 1.24. The summed E-state index contributed by atoms with van der Waals surface area (Å²) in [5.74, 6) is -1.04. The standard InChI is InChI=1S/C18H14ClN3O3S/c1-25-17(24)15-7-3-6-14(21-15)16(23)22-18-20-10-13(26-18)9-11-4-2-5-12(19)8-11/h2-8,10H,9H2,1H3,(H,20,22,23). The minimum absolute atomic E-state index is 0.0703. The van der Waals surface area contributed by atoms with Crippen molar-refractivity contribution in [1.29, 1.82) is 0 Å². The summed E-state index contributed by atoms with van der Waals surface area (Å²) in [6.45, 7) is 0. The maximum absolute atomic E-state index is 12.3. The smallest absolute Gasteiger partial charge is 0.356 e. The van der Waals surface area contributed by atoms with Crippen LogP contribution in [-0.4, -0.2) is 29.0 Å². The molecule has 3 aromatic rings.